The third kappa shape index (κ3) is 3.53. The van der Waals surface area contributed by atoms with Crippen LogP contribution in [0.2, 0.25) is 0 Å². The minimum absolute atomic E-state index is 0.204. The van der Waals surface area contributed by atoms with Crippen LogP contribution in [0.5, 0.6) is 0 Å². The molecular weight excluding hydrogens is 262 g/mol. The molecule has 2 aromatic heterocycles. The monoisotopic (exact) mass is 287 g/mol. The van der Waals surface area contributed by atoms with Gasteiger partial charge in [0.2, 0.25) is 0 Å². The Morgan fingerprint density at radius 2 is 2.14 bits per heavy atom. The van der Waals surface area contributed by atoms with Crippen LogP contribution in [0, 0.1) is 0 Å². The summed E-state index contributed by atoms with van der Waals surface area (Å²) in [5.41, 5.74) is 8.15. The zero-order valence-corrected chi connectivity index (χ0v) is 12.8. The molecule has 0 saturated heterocycles. The van der Waals surface area contributed by atoms with Crippen molar-refractivity contribution in [2.24, 2.45) is 5.73 Å². The summed E-state index contributed by atoms with van der Waals surface area (Å²) in [7, 11) is 0. The molecule has 2 heterocycles. The molecule has 1 unspecified atom stereocenters. The number of nitrogens with zero attached hydrogens (tertiary/aromatic N) is 4. The normalized spacial score (nSPS) is 17.4. The smallest absolute Gasteiger partial charge is 0.0953 e. The SMILES string of the molecule is CCC(N)Cc1cn(Cc2ccn(C3CCCC3)n2)cn1. The van der Waals surface area contributed by atoms with Crippen molar-refractivity contribution in [3.05, 3.63) is 36.2 Å². The van der Waals surface area contributed by atoms with Gasteiger partial charge in [0.15, 0.2) is 0 Å². The van der Waals surface area contributed by atoms with E-state index in [9.17, 15) is 0 Å². The minimum Gasteiger partial charge on any atom is -0.331 e. The summed E-state index contributed by atoms with van der Waals surface area (Å²) in [6, 6.07) is 2.94. The fourth-order valence-corrected chi connectivity index (χ4v) is 3.03. The Balaban J connectivity index is 1.61. The van der Waals surface area contributed by atoms with Gasteiger partial charge in [0, 0.05) is 24.9 Å². The number of imidazole rings is 1. The molecule has 2 N–H and O–H groups in total. The first-order chi connectivity index (χ1) is 10.2. The van der Waals surface area contributed by atoms with Crippen LogP contribution in [-0.4, -0.2) is 25.4 Å². The average Bonchev–Trinajstić information content (AvgIpc) is 3.19. The lowest BCUT2D eigenvalue weighted by Gasteiger charge is -2.08. The van der Waals surface area contributed by atoms with Crippen LogP contribution in [0.3, 0.4) is 0 Å². The Hall–Kier alpha value is -1.62. The predicted molar refractivity (Wildman–Crippen MR) is 83.0 cm³/mol. The van der Waals surface area contributed by atoms with Crippen LogP contribution in [0.1, 0.15) is 56.5 Å². The average molecular weight is 287 g/mol. The first-order valence-electron chi connectivity index (χ1n) is 8.05. The van der Waals surface area contributed by atoms with E-state index in [2.05, 4.69) is 39.6 Å². The maximum absolute atomic E-state index is 5.98. The van der Waals surface area contributed by atoms with Gasteiger partial charge in [-0.25, -0.2) is 4.98 Å². The summed E-state index contributed by atoms with van der Waals surface area (Å²) in [5.74, 6) is 0. The van der Waals surface area contributed by atoms with Gasteiger partial charge in [0.1, 0.15) is 0 Å². The van der Waals surface area contributed by atoms with Crippen LogP contribution in [-0.2, 0) is 13.0 Å². The van der Waals surface area contributed by atoms with E-state index in [1.54, 1.807) is 0 Å². The first-order valence-corrected chi connectivity index (χ1v) is 8.05. The Bertz CT molecular complexity index is 565. The Labute approximate surface area is 126 Å². The fourth-order valence-electron chi connectivity index (χ4n) is 3.03. The lowest BCUT2D eigenvalue weighted by atomic mass is 10.1. The number of nitrogens with two attached hydrogens (primary N) is 1. The maximum atomic E-state index is 5.98. The lowest BCUT2D eigenvalue weighted by Crippen LogP contribution is -2.21. The zero-order valence-electron chi connectivity index (χ0n) is 12.8. The molecule has 1 aliphatic rings. The number of rotatable bonds is 6. The van der Waals surface area contributed by atoms with Gasteiger partial charge in [0.25, 0.3) is 0 Å². The molecule has 0 aliphatic heterocycles. The van der Waals surface area contributed by atoms with E-state index < -0.39 is 0 Å². The molecule has 5 nitrogen and oxygen atoms in total. The van der Waals surface area contributed by atoms with Crippen LogP contribution >= 0.6 is 0 Å². The maximum Gasteiger partial charge on any atom is 0.0953 e. The van der Waals surface area contributed by atoms with Crippen molar-refractivity contribution < 1.29 is 0 Å². The van der Waals surface area contributed by atoms with Crippen LogP contribution in [0.25, 0.3) is 0 Å². The van der Waals surface area contributed by atoms with Gasteiger partial charge in [0.05, 0.1) is 30.3 Å². The zero-order chi connectivity index (χ0) is 14.7. The second kappa shape index (κ2) is 6.43. The van der Waals surface area contributed by atoms with E-state index in [4.69, 9.17) is 10.8 Å². The highest BCUT2D eigenvalue weighted by molar-refractivity contribution is 5.05. The fraction of sp³-hybridized carbons (Fsp3) is 0.625. The molecule has 3 rings (SSSR count). The standard InChI is InChI=1S/C16H25N5/c1-2-13(17)9-15-11-20(12-18-15)10-14-7-8-21(19-14)16-5-3-4-6-16/h7-8,11-13,16H,2-6,9-10,17H2,1H3. The molecule has 2 aromatic rings. The summed E-state index contributed by atoms with van der Waals surface area (Å²) in [6.45, 7) is 2.89. The van der Waals surface area contributed by atoms with Gasteiger partial charge in [-0.05, 0) is 25.3 Å². The highest BCUT2D eigenvalue weighted by atomic mass is 15.3. The topological polar surface area (TPSA) is 61.7 Å². The second-order valence-electron chi connectivity index (χ2n) is 6.14. The predicted octanol–water partition coefficient (Wildman–Crippen LogP) is 2.52. The number of hydrogen-bond donors (Lipinski definition) is 1. The van der Waals surface area contributed by atoms with E-state index >= 15 is 0 Å². The van der Waals surface area contributed by atoms with Gasteiger partial charge in [-0.2, -0.15) is 5.10 Å². The molecule has 1 aliphatic carbocycles. The lowest BCUT2D eigenvalue weighted by molar-refractivity contribution is 0.461. The molecule has 0 spiro atoms. The molecule has 1 saturated carbocycles. The van der Waals surface area contributed by atoms with Gasteiger partial charge >= 0.3 is 0 Å². The van der Waals surface area contributed by atoms with Crippen molar-refractivity contribution in [2.45, 2.75) is 64.1 Å². The van der Waals surface area contributed by atoms with Gasteiger partial charge in [-0.1, -0.05) is 19.8 Å². The van der Waals surface area contributed by atoms with E-state index in [0.717, 1.165) is 30.8 Å². The van der Waals surface area contributed by atoms with Crippen molar-refractivity contribution in [3.8, 4) is 0 Å². The van der Waals surface area contributed by atoms with Crippen molar-refractivity contribution in [3.63, 3.8) is 0 Å². The molecule has 1 fully saturated rings. The van der Waals surface area contributed by atoms with Crippen molar-refractivity contribution in [2.75, 3.05) is 0 Å². The van der Waals surface area contributed by atoms with E-state index in [1.807, 2.05) is 6.33 Å². The highest BCUT2D eigenvalue weighted by Crippen LogP contribution is 2.28. The van der Waals surface area contributed by atoms with E-state index in [0.29, 0.717) is 6.04 Å². The summed E-state index contributed by atoms with van der Waals surface area (Å²) in [4.78, 5) is 4.43. The van der Waals surface area contributed by atoms with E-state index in [-0.39, 0.29) is 6.04 Å². The third-order valence-corrected chi connectivity index (χ3v) is 4.39. The molecule has 21 heavy (non-hydrogen) atoms. The molecular formula is C16H25N5. The minimum atomic E-state index is 0.204. The molecule has 1 atom stereocenters. The summed E-state index contributed by atoms with van der Waals surface area (Å²) < 4.78 is 4.24. The number of aromatic nitrogens is 4. The third-order valence-electron chi connectivity index (χ3n) is 4.39. The van der Waals surface area contributed by atoms with Gasteiger partial charge in [-0.3, -0.25) is 4.68 Å². The Morgan fingerprint density at radius 3 is 2.90 bits per heavy atom. The number of hydrogen-bond acceptors (Lipinski definition) is 3. The second-order valence-corrected chi connectivity index (χ2v) is 6.14. The van der Waals surface area contributed by atoms with Crippen molar-refractivity contribution in [1.82, 2.24) is 19.3 Å². The molecule has 0 amide bonds. The molecule has 0 bridgehead atoms. The van der Waals surface area contributed by atoms with Gasteiger partial charge < -0.3 is 10.3 Å². The largest absolute Gasteiger partial charge is 0.331 e. The highest BCUT2D eigenvalue weighted by Gasteiger charge is 2.17. The first kappa shape index (κ1) is 14.3. The Morgan fingerprint density at radius 1 is 1.33 bits per heavy atom. The summed E-state index contributed by atoms with van der Waals surface area (Å²) >= 11 is 0. The van der Waals surface area contributed by atoms with Crippen molar-refractivity contribution >= 4 is 0 Å². The van der Waals surface area contributed by atoms with Crippen molar-refractivity contribution in [1.29, 1.82) is 0 Å². The van der Waals surface area contributed by atoms with Crippen LogP contribution in [0.15, 0.2) is 24.8 Å². The Kier molecular flexibility index (Phi) is 4.39. The van der Waals surface area contributed by atoms with Crippen LogP contribution in [0.4, 0.5) is 0 Å². The van der Waals surface area contributed by atoms with E-state index in [1.165, 1.54) is 25.7 Å². The van der Waals surface area contributed by atoms with Gasteiger partial charge in [-0.15, -0.1) is 0 Å². The van der Waals surface area contributed by atoms with Crippen LogP contribution < -0.4 is 5.73 Å². The quantitative estimate of drug-likeness (QED) is 0.888. The molecule has 114 valence electrons. The molecule has 0 aromatic carbocycles. The summed E-state index contributed by atoms with van der Waals surface area (Å²) in [5, 5.41) is 4.72. The molecule has 0 radical (unpaired) electrons. The summed E-state index contributed by atoms with van der Waals surface area (Å²) in [6.07, 6.45) is 13.1. The molecule has 5 heteroatoms.